The van der Waals surface area contributed by atoms with Crippen LogP contribution in [0.3, 0.4) is 0 Å². The fourth-order valence-electron chi connectivity index (χ4n) is 1.97. The van der Waals surface area contributed by atoms with Gasteiger partial charge in [-0.1, -0.05) is 0 Å². The van der Waals surface area contributed by atoms with Gasteiger partial charge in [0.05, 0.1) is 11.0 Å². The molecule has 0 aliphatic carbocycles. The van der Waals surface area contributed by atoms with Gasteiger partial charge in [-0.3, -0.25) is 10.1 Å². The fourth-order valence-corrected chi connectivity index (χ4v) is 1.97. The Morgan fingerprint density at radius 2 is 2.11 bits per heavy atom. The van der Waals surface area contributed by atoms with Crippen LogP contribution in [0.15, 0.2) is 24.3 Å². The van der Waals surface area contributed by atoms with Crippen molar-refractivity contribution in [3.05, 3.63) is 34.4 Å². The van der Waals surface area contributed by atoms with Gasteiger partial charge >= 0.3 is 5.97 Å². The van der Waals surface area contributed by atoms with E-state index in [2.05, 4.69) is 5.32 Å². The van der Waals surface area contributed by atoms with Gasteiger partial charge in [-0.15, -0.1) is 0 Å². The Labute approximate surface area is 109 Å². The number of hydrogen-bond donors (Lipinski definition) is 2. The van der Waals surface area contributed by atoms with Crippen molar-refractivity contribution >= 4 is 17.3 Å². The van der Waals surface area contributed by atoms with Gasteiger partial charge in [0.2, 0.25) is 0 Å². The minimum Gasteiger partial charge on any atom is -0.479 e. The minimum atomic E-state index is -0.933. The van der Waals surface area contributed by atoms with Gasteiger partial charge in [0.15, 0.2) is 6.10 Å². The van der Waals surface area contributed by atoms with E-state index in [0.717, 1.165) is 5.69 Å². The maximum absolute atomic E-state index is 10.7. The number of rotatable bonds is 5. The van der Waals surface area contributed by atoms with Crippen molar-refractivity contribution in [1.82, 2.24) is 0 Å². The monoisotopic (exact) mass is 266 g/mol. The largest absolute Gasteiger partial charge is 0.479 e. The van der Waals surface area contributed by atoms with E-state index in [1.807, 2.05) is 0 Å². The summed E-state index contributed by atoms with van der Waals surface area (Å²) in [5.41, 5.74) is 0.779. The summed E-state index contributed by atoms with van der Waals surface area (Å²) in [4.78, 5) is 20.7. The lowest BCUT2D eigenvalue weighted by molar-refractivity contribution is -0.384. The summed E-state index contributed by atoms with van der Waals surface area (Å²) in [6.07, 6.45) is 0.346. The van der Waals surface area contributed by atoms with Gasteiger partial charge < -0.3 is 15.2 Å². The van der Waals surface area contributed by atoms with Gasteiger partial charge in [-0.25, -0.2) is 4.79 Å². The number of nitrogens with one attached hydrogen (secondary N) is 1. The van der Waals surface area contributed by atoms with E-state index in [1.165, 1.54) is 12.1 Å². The average molecular weight is 266 g/mol. The molecule has 1 heterocycles. The van der Waals surface area contributed by atoms with Gasteiger partial charge in [-0.2, -0.15) is 0 Å². The molecule has 1 fully saturated rings. The molecule has 0 spiro atoms. The Bertz CT molecular complexity index is 474. The van der Waals surface area contributed by atoms with Crippen molar-refractivity contribution in [2.45, 2.75) is 25.0 Å². The molecule has 0 aromatic heterocycles. The van der Waals surface area contributed by atoms with Gasteiger partial charge in [0, 0.05) is 24.4 Å². The number of nitrogens with zero attached hydrogens (tertiary/aromatic N) is 1. The van der Waals surface area contributed by atoms with E-state index >= 15 is 0 Å². The zero-order valence-corrected chi connectivity index (χ0v) is 10.1. The van der Waals surface area contributed by atoms with Crippen LogP contribution in [0.25, 0.3) is 0 Å². The van der Waals surface area contributed by atoms with Crippen LogP contribution in [0.2, 0.25) is 0 Å². The lowest BCUT2D eigenvalue weighted by atomic mass is 10.2. The zero-order chi connectivity index (χ0) is 13.8. The summed E-state index contributed by atoms with van der Waals surface area (Å²) in [6, 6.07) is 6.05. The van der Waals surface area contributed by atoms with E-state index in [4.69, 9.17) is 9.84 Å². The number of nitro benzene ring substituents is 1. The molecule has 19 heavy (non-hydrogen) atoms. The molecule has 2 atom stereocenters. The smallest absolute Gasteiger partial charge is 0.332 e. The van der Waals surface area contributed by atoms with Crippen LogP contribution in [0.1, 0.15) is 12.8 Å². The number of non-ortho nitro benzene ring substituents is 1. The molecule has 1 aliphatic rings. The Morgan fingerprint density at radius 3 is 2.63 bits per heavy atom. The summed E-state index contributed by atoms with van der Waals surface area (Å²) < 4.78 is 5.34. The van der Waals surface area contributed by atoms with Crippen LogP contribution >= 0.6 is 0 Å². The third-order valence-electron chi connectivity index (χ3n) is 2.99. The summed E-state index contributed by atoms with van der Waals surface area (Å²) in [7, 11) is 0. The normalized spacial score (nSPS) is 22.1. The number of anilines is 1. The van der Waals surface area contributed by atoms with E-state index in [-0.39, 0.29) is 11.8 Å². The number of nitro groups is 1. The first-order chi connectivity index (χ1) is 9.06. The van der Waals surface area contributed by atoms with E-state index < -0.39 is 17.0 Å². The van der Waals surface area contributed by atoms with E-state index in [9.17, 15) is 14.9 Å². The number of aliphatic carboxylic acids is 1. The van der Waals surface area contributed by atoms with Crippen molar-refractivity contribution in [2.75, 3.05) is 11.9 Å². The Hall–Kier alpha value is -2.15. The molecule has 1 aromatic rings. The molecule has 1 aromatic carbocycles. The van der Waals surface area contributed by atoms with Crippen LogP contribution < -0.4 is 5.32 Å². The average Bonchev–Trinajstić information content (AvgIpc) is 2.86. The molecule has 1 aliphatic heterocycles. The quantitative estimate of drug-likeness (QED) is 0.620. The molecule has 2 unspecified atom stereocenters. The number of hydrogen-bond acceptors (Lipinski definition) is 5. The van der Waals surface area contributed by atoms with Crippen LogP contribution in [0.5, 0.6) is 0 Å². The predicted octanol–water partition coefficient (Wildman–Crippen LogP) is 1.64. The topological polar surface area (TPSA) is 102 Å². The van der Waals surface area contributed by atoms with Crippen LogP contribution in [0.4, 0.5) is 11.4 Å². The molecular formula is C12H14N2O5. The molecule has 0 bridgehead atoms. The standard InChI is InChI=1S/C12H14N2O5/c15-12(16)11-6-5-10(19-11)7-13-8-1-3-9(4-2-8)14(17)18/h1-4,10-11,13H,5-7H2,(H,15,16). The molecule has 0 amide bonds. The van der Waals surface area contributed by atoms with Crippen LogP contribution in [-0.2, 0) is 9.53 Å². The molecule has 102 valence electrons. The SMILES string of the molecule is O=C(O)C1CCC(CNc2ccc([N+](=O)[O-])cc2)O1. The van der Waals surface area contributed by atoms with Crippen LogP contribution in [0, 0.1) is 10.1 Å². The Kier molecular flexibility index (Phi) is 3.96. The molecule has 2 rings (SSSR count). The molecule has 7 nitrogen and oxygen atoms in total. The minimum absolute atomic E-state index is 0.0357. The first-order valence-corrected chi connectivity index (χ1v) is 5.93. The number of carbonyl (C=O) groups is 1. The Balaban J connectivity index is 1.83. The van der Waals surface area contributed by atoms with Gasteiger partial charge in [-0.05, 0) is 25.0 Å². The van der Waals surface area contributed by atoms with Crippen LogP contribution in [-0.4, -0.2) is 34.8 Å². The van der Waals surface area contributed by atoms with Crippen molar-refractivity contribution in [2.24, 2.45) is 0 Å². The second-order valence-electron chi connectivity index (χ2n) is 4.35. The third kappa shape index (κ3) is 3.41. The third-order valence-corrected chi connectivity index (χ3v) is 2.99. The number of benzene rings is 1. The highest BCUT2D eigenvalue weighted by molar-refractivity contribution is 5.72. The van der Waals surface area contributed by atoms with Crippen molar-refractivity contribution in [3.8, 4) is 0 Å². The first kappa shape index (κ1) is 13.3. The lowest BCUT2D eigenvalue weighted by Crippen LogP contribution is -2.24. The van der Waals surface area contributed by atoms with Crippen molar-refractivity contribution in [1.29, 1.82) is 0 Å². The van der Waals surface area contributed by atoms with E-state index in [0.29, 0.717) is 19.4 Å². The van der Waals surface area contributed by atoms with Gasteiger partial charge in [0.25, 0.3) is 5.69 Å². The number of carboxylic acids is 1. The first-order valence-electron chi connectivity index (χ1n) is 5.93. The maximum atomic E-state index is 10.7. The highest BCUT2D eigenvalue weighted by atomic mass is 16.6. The molecule has 0 radical (unpaired) electrons. The lowest BCUT2D eigenvalue weighted by Gasteiger charge is -2.13. The highest BCUT2D eigenvalue weighted by Gasteiger charge is 2.30. The molecule has 2 N–H and O–H groups in total. The van der Waals surface area contributed by atoms with Crippen molar-refractivity contribution < 1.29 is 19.6 Å². The Morgan fingerprint density at radius 1 is 1.42 bits per heavy atom. The molecule has 1 saturated heterocycles. The van der Waals surface area contributed by atoms with Crippen molar-refractivity contribution in [3.63, 3.8) is 0 Å². The summed E-state index contributed by atoms with van der Waals surface area (Å²) in [5, 5.41) is 22.3. The number of carboxylic acid groups (broad SMARTS) is 1. The van der Waals surface area contributed by atoms with Gasteiger partial charge in [0.1, 0.15) is 0 Å². The summed E-state index contributed by atoms with van der Waals surface area (Å²) in [5.74, 6) is -0.933. The number of ether oxygens (including phenoxy) is 1. The summed E-state index contributed by atoms with van der Waals surface area (Å²) >= 11 is 0. The summed E-state index contributed by atoms with van der Waals surface area (Å²) in [6.45, 7) is 0.488. The fraction of sp³-hybridized carbons (Fsp3) is 0.417. The maximum Gasteiger partial charge on any atom is 0.332 e. The molecular weight excluding hydrogens is 252 g/mol. The second-order valence-corrected chi connectivity index (χ2v) is 4.35. The highest BCUT2D eigenvalue weighted by Crippen LogP contribution is 2.21. The van der Waals surface area contributed by atoms with E-state index in [1.54, 1.807) is 12.1 Å². The zero-order valence-electron chi connectivity index (χ0n) is 10.1. The second kappa shape index (κ2) is 5.66. The molecule has 0 saturated carbocycles. The predicted molar refractivity (Wildman–Crippen MR) is 67.1 cm³/mol. The molecule has 7 heteroatoms.